The fourth-order valence-corrected chi connectivity index (χ4v) is 1.69. The topological polar surface area (TPSA) is 69.9 Å². The molecule has 6 heteroatoms. The molecule has 0 fully saturated rings. The van der Waals surface area contributed by atoms with E-state index in [1.54, 1.807) is 13.2 Å². The van der Waals surface area contributed by atoms with Crippen molar-refractivity contribution in [1.29, 1.82) is 0 Å². The Morgan fingerprint density at radius 3 is 2.50 bits per heavy atom. The lowest BCUT2D eigenvalue weighted by atomic mass is 9.92. The van der Waals surface area contributed by atoms with E-state index in [1.165, 1.54) is 11.7 Å². The molecule has 0 aliphatic rings. The van der Waals surface area contributed by atoms with Gasteiger partial charge in [0.1, 0.15) is 11.2 Å². The van der Waals surface area contributed by atoms with E-state index in [0.29, 0.717) is 16.9 Å². The first-order valence-electron chi connectivity index (χ1n) is 5.63. The second-order valence-corrected chi connectivity index (χ2v) is 5.14. The molecule has 0 spiro atoms. The van der Waals surface area contributed by atoms with Crippen LogP contribution in [0.5, 0.6) is 6.01 Å². The number of rotatable bonds is 1. The summed E-state index contributed by atoms with van der Waals surface area (Å²) in [5.41, 5.74) is 1.10. The van der Waals surface area contributed by atoms with Crippen LogP contribution in [0.4, 0.5) is 0 Å². The Hall–Kier alpha value is -1.98. The molecule has 0 aliphatic carbocycles. The molecule has 0 atom stereocenters. The molecule has 0 aliphatic heterocycles. The average Bonchev–Trinajstić information content (AvgIpc) is 2.32. The number of hydrogen-bond acceptors (Lipinski definition) is 5. The first-order chi connectivity index (χ1) is 8.34. The van der Waals surface area contributed by atoms with Crippen LogP contribution >= 0.6 is 0 Å². The highest BCUT2D eigenvalue weighted by Gasteiger charge is 2.22. The Morgan fingerprint density at radius 1 is 1.28 bits per heavy atom. The Morgan fingerprint density at radius 2 is 1.94 bits per heavy atom. The first kappa shape index (κ1) is 12.5. The van der Waals surface area contributed by atoms with Crippen molar-refractivity contribution < 1.29 is 4.74 Å². The third-order valence-electron chi connectivity index (χ3n) is 2.68. The van der Waals surface area contributed by atoms with Crippen molar-refractivity contribution in [3.05, 3.63) is 22.2 Å². The van der Waals surface area contributed by atoms with Crippen LogP contribution in [0.25, 0.3) is 11.2 Å². The molecule has 0 bridgehead atoms. The summed E-state index contributed by atoms with van der Waals surface area (Å²) in [4.78, 5) is 24.7. The number of nitrogens with zero attached hydrogens (tertiary/aromatic N) is 4. The van der Waals surface area contributed by atoms with Gasteiger partial charge >= 0.3 is 6.01 Å². The van der Waals surface area contributed by atoms with Crippen LogP contribution in [0, 0.1) is 0 Å². The van der Waals surface area contributed by atoms with Crippen molar-refractivity contribution in [1.82, 2.24) is 19.5 Å². The number of fused-ring (bicyclic) bond motifs is 1. The van der Waals surface area contributed by atoms with E-state index in [-0.39, 0.29) is 17.0 Å². The summed E-state index contributed by atoms with van der Waals surface area (Å²) in [5.74, 6) is 0. The summed E-state index contributed by atoms with van der Waals surface area (Å²) in [7, 11) is 3.16. The molecule has 2 heterocycles. The van der Waals surface area contributed by atoms with Gasteiger partial charge in [-0.15, -0.1) is 0 Å². The Labute approximate surface area is 105 Å². The van der Waals surface area contributed by atoms with Gasteiger partial charge in [-0.1, -0.05) is 20.8 Å². The van der Waals surface area contributed by atoms with Gasteiger partial charge in [-0.25, -0.2) is 9.97 Å². The molecule has 2 rings (SSSR count). The maximum absolute atomic E-state index is 12.2. The van der Waals surface area contributed by atoms with Gasteiger partial charge in [-0.3, -0.25) is 9.36 Å². The normalized spacial score (nSPS) is 11.8. The van der Waals surface area contributed by atoms with E-state index in [0.717, 1.165) is 0 Å². The molecular formula is C12H16N4O2. The van der Waals surface area contributed by atoms with Gasteiger partial charge in [0.2, 0.25) is 0 Å². The van der Waals surface area contributed by atoms with Crippen molar-refractivity contribution in [2.24, 2.45) is 7.05 Å². The van der Waals surface area contributed by atoms with Crippen LogP contribution < -0.4 is 10.3 Å². The average molecular weight is 248 g/mol. The number of aromatic nitrogens is 4. The second-order valence-electron chi connectivity index (χ2n) is 5.14. The van der Waals surface area contributed by atoms with Gasteiger partial charge in [0, 0.05) is 12.5 Å². The van der Waals surface area contributed by atoms with Gasteiger partial charge in [-0.05, 0) is 0 Å². The van der Waals surface area contributed by atoms with Gasteiger partial charge in [0.15, 0.2) is 5.65 Å². The Kier molecular flexibility index (Phi) is 2.80. The summed E-state index contributed by atoms with van der Waals surface area (Å²) < 4.78 is 6.43. The zero-order valence-corrected chi connectivity index (χ0v) is 11.2. The lowest BCUT2D eigenvalue weighted by Gasteiger charge is -2.18. The number of aryl methyl sites for hydroxylation is 1. The zero-order valence-electron chi connectivity index (χ0n) is 11.2. The molecule has 0 aromatic carbocycles. The number of hydrogen-bond donors (Lipinski definition) is 0. The van der Waals surface area contributed by atoms with Crippen molar-refractivity contribution in [2.75, 3.05) is 7.11 Å². The second kappa shape index (κ2) is 4.04. The third-order valence-corrected chi connectivity index (χ3v) is 2.68. The summed E-state index contributed by atoms with van der Waals surface area (Å²) in [6.07, 6.45) is 1.57. The van der Waals surface area contributed by atoms with Crippen LogP contribution in [-0.2, 0) is 12.5 Å². The number of methoxy groups -OCH3 is 1. The van der Waals surface area contributed by atoms with E-state index < -0.39 is 0 Å². The molecular weight excluding hydrogens is 232 g/mol. The monoisotopic (exact) mass is 248 g/mol. The fraction of sp³-hybridized carbons (Fsp3) is 0.500. The Balaban J connectivity index is 2.83. The van der Waals surface area contributed by atoms with Crippen LogP contribution in [0.3, 0.4) is 0 Å². The standard InChI is InChI=1S/C12H16N4O2/c1-12(2,3)8-10(17)16(4)9-7(14-8)6-13-11(15-9)18-5/h6H,1-5H3. The van der Waals surface area contributed by atoms with E-state index in [2.05, 4.69) is 15.0 Å². The molecule has 0 saturated carbocycles. The fourth-order valence-electron chi connectivity index (χ4n) is 1.69. The minimum atomic E-state index is -0.317. The van der Waals surface area contributed by atoms with E-state index in [9.17, 15) is 4.79 Å². The van der Waals surface area contributed by atoms with Gasteiger partial charge < -0.3 is 4.74 Å². The number of ether oxygens (including phenoxy) is 1. The largest absolute Gasteiger partial charge is 0.467 e. The van der Waals surface area contributed by atoms with Crippen molar-refractivity contribution in [2.45, 2.75) is 26.2 Å². The molecule has 96 valence electrons. The molecule has 18 heavy (non-hydrogen) atoms. The third kappa shape index (κ3) is 1.94. The maximum Gasteiger partial charge on any atom is 0.318 e. The molecule has 2 aromatic rings. The van der Waals surface area contributed by atoms with Crippen molar-refractivity contribution >= 4 is 11.2 Å². The molecule has 0 unspecified atom stereocenters. The SMILES string of the molecule is COc1ncc2nc(C(C)(C)C)c(=O)n(C)c2n1. The highest BCUT2D eigenvalue weighted by molar-refractivity contribution is 5.69. The highest BCUT2D eigenvalue weighted by Crippen LogP contribution is 2.19. The smallest absolute Gasteiger partial charge is 0.318 e. The summed E-state index contributed by atoms with van der Waals surface area (Å²) >= 11 is 0. The van der Waals surface area contributed by atoms with Crippen molar-refractivity contribution in [3.63, 3.8) is 0 Å². The highest BCUT2D eigenvalue weighted by atomic mass is 16.5. The zero-order chi connectivity index (χ0) is 13.5. The molecule has 0 saturated heterocycles. The molecule has 2 aromatic heterocycles. The summed E-state index contributed by atoms with van der Waals surface area (Å²) in [6, 6.07) is 0.225. The van der Waals surface area contributed by atoms with Gasteiger partial charge in [0.05, 0.1) is 13.3 Å². The molecule has 0 amide bonds. The lowest BCUT2D eigenvalue weighted by Crippen LogP contribution is -2.31. The van der Waals surface area contributed by atoms with E-state index in [4.69, 9.17) is 4.74 Å². The minimum absolute atomic E-state index is 0.143. The molecule has 0 N–H and O–H groups in total. The molecule has 6 nitrogen and oxygen atoms in total. The predicted octanol–water partition coefficient (Wildman–Crippen LogP) is 1.03. The van der Waals surface area contributed by atoms with Crippen LogP contribution in [0.2, 0.25) is 0 Å². The van der Waals surface area contributed by atoms with Crippen LogP contribution in [0.15, 0.2) is 11.0 Å². The predicted molar refractivity (Wildman–Crippen MR) is 67.8 cm³/mol. The van der Waals surface area contributed by atoms with Crippen LogP contribution in [0.1, 0.15) is 26.5 Å². The van der Waals surface area contributed by atoms with E-state index >= 15 is 0 Å². The first-order valence-corrected chi connectivity index (χ1v) is 5.63. The maximum atomic E-state index is 12.2. The van der Waals surface area contributed by atoms with Gasteiger partial charge in [0.25, 0.3) is 5.56 Å². The lowest BCUT2D eigenvalue weighted by molar-refractivity contribution is 0.381. The molecule has 0 radical (unpaired) electrons. The van der Waals surface area contributed by atoms with Crippen LogP contribution in [-0.4, -0.2) is 26.6 Å². The summed E-state index contributed by atoms with van der Waals surface area (Å²) in [6.45, 7) is 5.85. The van der Waals surface area contributed by atoms with Gasteiger partial charge in [-0.2, -0.15) is 4.98 Å². The van der Waals surface area contributed by atoms with E-state index in [1.807, 2.05) is 20.8 Å². The summed E-state index contributed by atoms with van der Waals surface area (Å²) in [5, 5.41) is 0. The van der Waals surface area contributed by atoms with Crippen molar-refractivity contribution in [3.8, 4) is 6.01 Å². The Bertz CT molecular complexity index is 655. The quantitative estimate of drug-likeness (QED) is 0.753. The minimum Gasteiger partial charge on any atom is -0.467 e.